The van der Waals surface area contributed by atoms with Crippen LogP contribution in [0.25, 0.3) is 0 Å². The number of allylic oxidation sites excluding steroid dienone is 3. The summed E-state index contributed by atoms with van der Waals surface area (Å²) in [6, 6.07) is 0. The average Bonchev–Trinajstić information content (AvgIpc) is 2.23. The maximum atomic E-state index is 13.3. The van der Waals surface area contributed by atoms with Gasteiger partial charge in [0.15, 0.2) is 0 Å². The predicted octanol–water partition coefficient (Wildman–Crippen LogP) is 5.67. The van der Waals surface area contributed by atoms with E-state index >= 15 is 0 Å². The Kier molecular flexibility index (Phi) is 5.23. The number of hydrogen-bond donors (Lipinski definition) is 0. The molecule has 0 aromatic carbocycles. The van der Waals surface area contributed by atoms with Gasteiger partial charge in [0.25, 0.3) is 0 Å². The molecule has 0 fully saturated rings. The summed E-state index contributed by atoms with van der Waals surface area (Å²) in [7, 11) is 0. The Morgan fingerprint density at radius 3 is 1.09 bits per heavy atom. The highest BCUT2D eigenvalue weighted by Gasteiger charge is 2.91. The largest absolute Gasteiger partial charge is 0.459 e. The van der Waals surface area contributed by atoms with Crippen LogP contribution in [0.5, 0.6) is 0 Å². The first kappa shape index (κ1) is 21.6. The minimum absolute atomic E-state index is 0.0635. The minimum atomic E-state index is -7.63. The van der Waals surface area contributed by atoms with Crippen molar-refractivity contribution in [2.24, 2.45) is 5.41 Å². The van der Waals surface area contributed by atoms with Gasteiger partial charge in [-0.25, -0.2) is 0 Å². The summed E-state index contributed by atoms with van der Waals surface area (Å²) in [4.78, 5) is 0. The van der Waals surface area contributed by atoms with Crippen molar-refractivity contribution in [3.8, 4) is 0 Å². The second-order valence-electron chi connectivity index (χ2n) is 4.04. The first-order valence-electron chi connectivity index (χ1n) is 5.07. The average molecular weight is 372 g/mol. The third-order valence-electron chi connectivity index (χ3n) is 2.62. The van der Waals surface area contributed by atoms with Crippen molar-refractivity contribution in [1.29, 1.82) is 0 Å². The van der Waals surface area contributed by atoms with E-state index in [4.69, 9.17) is 0 Å². The Hall–Kier alpha value is -1.43. The van der Waals surface area contributed by atoms with Crippen molar-refractivity contribution in [1.82, 2.24) is 0 Å². The van der Waals surface area contributed by atoms with Gasteiger partial charge >= 0.3 is 30.4 Å². The fraction of sp³-hybridized carbons (Fsp3) is 0.600. The number of alkyl halides is 13. The fourth-order valence-corrected chi connectivity index (χ4v) is 1.45. The molecule has 0 heterocycles. The van der Waals surface area contributed by atoms with Crippen LogP contribution in [0.4, 0.5) is 57.1 Å². The molecule has 0 saturated carbocycles. The van der Waals surface area contributed by atoms with E-state index in [9.17, 15) is 57.1 Å². The lowest BCUT2D eigenvalue weighted by atomic mass is 9.75. The minimum Gasteiger partial charge on any atom is -0.198 e. The second kappa shape index (κ2) is 5.58. The summed E-state index contributed by atoms with van der Waals surface area (Å²) >= 11 is 0. The molecule has 136 valence electrons. The molecule has 0 saturated heterocycles. The van der Waals surface area contributed by atoms with E-state index in [-0.39, 0.29) is 6.08 Å². The highest BCUT2D eigenvalue weighted by molar-refractivity contribution is 5.22. The van der Waals surface area contributed by atoms with Gasteiger partial charge in [0.2, 0.25) is 5.41 Å². The molecule has 0 aromatic heterocycles. The Morgan fingerprint density at radius 2 is 0.870 bits per heavy atom. The molecule has 0 aliphatic heterocycles. The molecule has 0 nitrogen and oxygen atoms in total. The first-order valence-corrected chi connectivity index (χ1v) is 5.07. The van der Waals surface area contributed by atoms with Crippen LogP contribution in [0.15, 0.2) is 24.8 Å². The molecule has 0 rings (SSSR count). The molecule has 0 atom stereocenters. The van der Waals surface area contributed by atoms with E-state index in [0.29, 0.717) is 0 Å². The van der Waals surface area contributed by atoms with Gasteiger partial charge in [-0.1, -0.05) is 24.8 Å². The van der Waals surface area contributed by atoms with Gasteiger partial charge in [-0.3, -0.25) is 0 Å². The molecule has 0 aliphatic rings. The standard InChI is InChI=1S/C10H5F13/c1-2-3-4-5(8(15,16)17,9(18,19)20)6(11,12)7(13,14)10(21,22)23/h2-4H,1H2/b4-3+. The summed E-state index contributed by atoms with van der Waals surface area (Å²) in [6.45, 7) is 2.54. The van der Waals surface area contributed by atoms with Crippen LogP contribution in [0, 0.1) is 5.41 Å². The lowest BCUT2D eigenvalue weighted by Gasteiger charge is -2.43. The van der Waals surface area contributed by atoms with E-state index < -0.39 is 47.9 Å². The molecular formula is C10H5F13. The molecular weight excluding hydrogens is 367 g/mol. The highest BCUT2D eigenvalue weighted by atomic mass is 19.4. The van der Waals surface area contributed by atoms with Gasteiger partial charge in [-0.05, 0) is 0 Å². The van der Waals surface area contributed by atoms with Crippen LogP contribution < -0.4 is 0 Å². The quantitative estimate of drug-likeness (QED) is 0.441. The van der Waals surface area contributed by atoms with Crippen molar-refractivity contribution < 1.29 is 57.1 Å². The van der Waals surface area contributed by atoms with Crippen LogP contribution in [-0.4, -0.2) is 30.4 Å². The topological polar surface area (TPSA) is 0 Å². The van der Waals surface area contributed by atoms with Gasteiger partial charge in [-0.2, -0.15) is 57.1 Å². The maximum absolute atomic E-state index is 13.3. The first-order chi connectivity index (χ1) is 9.81. The second-order valence-corrected chi connectivity index (χ2v) is 4.04. The van der Waals surface area contributed by atoms with Crippen molar-refractivity contribution in [3.63, 3.8) is 0 Å². The summed E-state index contributed by atoms with van der Waals surface area (Å²) in [5.74, 6) is -15.3. The van der Waals surface area contributed by atoms with Crippen LogP contribution >= 0.6 is 0 Å². The number of halogens is 13. The molecule has 0 spiro atoms. The molecule has 0 aromatic rings. The third-order valence-corrected chi connectivity index (χ3v) is 2.62. The lowest BCUT2D eigenvalue weighted by Crippen LogP contribution is -2.69. The highest BCUT2D eigenvalue weighted by Crippen LogP contribution is 2.65. The molecule has 0 aliphatic carbocycles. The molecule has 0 bridgehead atoms. The Bertz CT molecular complexity index is 445. The van der Waals surface area contributed by atoms with Crippen LogP contribution in [0.2, 0.25) is 0 Å². The molecule has 23 heavy (non-hydrogen) atoms. The molecule has 0 amide bonds. The SMILES string of the molecule is C=C/C=C/C(C(F)(F)F)(C(F)(F)F)C(F)(F)C(F)(F)C(F)(F)F. The summed E-state index contributed by atoms with van der Waals surface area (Å²) < 4.78 is 164. The van der Waals surface area contributed by atoms with E-state index in [2.05, 4.69) is 6.58 Å². The maximum Gasteiger partial charge on any atom is 0.459 e. The molecule has 0 radical (unpaired) electrons. The van der Waals surface area contributed by atoms with Crippen molar-refractivity contribution in [2.45, 2.75) is 30.4 Å². The zero-order chi connectivity index (χ0) is 19.1. The van der Waals surface area contributed by atoms with Crippen LogP contribution in [0.3, 0.4) is 0 Å². The monoisotopic (exact) mass is 372 g/mol. The van der Waals surface area contributed by atoms with Gasteiger partial charge in [0, 0.05) is 0 Å². The zero-order valence-electron chi connectivity index (χ0n) is 10.4. The van der Waals surface area contributed by atoms with Gasteiger partial charge < -0.3 is 0 Å². The summed E-state index contributed by atoms with van der Waals surface area (Å²) in [5.41, 5.74) is -6.79. The van der Waals surface area contributed by atoms with E-state index in [0.717, 1.165) is 0 Å². The number of rotatable bonds is 4. The molecule has 13 heteroatoms. The van der Waals surface area contributed by atoms with Gasteiger partial charge in [-0.15, -0.1) is 0 Å². The van der Waals surface area contributed by atoms with Crippen molar-refractivity contribution in [2.75, 3.05) is 0 Å². The zero-order valence-corrected chi connectivity index (χ0v) is 10.4. The van der Waals surface area contributed by atoms with E-state index in [1.54, 1.807) is 0 Å². The predicted molar refractivity (Wildman–Crippen MR) is 49.8 cm³/mol. The lowest BCUT2D eigenvalue weighted by molar-refractivity contribution is -0.446. The molecule has 0 N–H and O–H groups in total. The smallest absolute Gasteiger partial charge is 0.198 e. The summed E-state index contributed by atoms with van der Waals surface area (Å²) in [5, 5.41) is 0. The van der Waals surface area contributed by atoms with Crippen LogP contribution in [-0.2, 0) is 0 Å². The Labute approximate surface area is 119 Å². The normalized spacial score (nSPS) is 16.0. The summed E-state index contributed by atoms with van der Waals surface area (Å²) in [6.07, 6.45) is -23.8. The van der Waals surface area contributed by atoms with Crippen molar-refractivity contribution >= 4 is 0 Å². The van der Waals surface area contributed by atoms with Crippen LogP contribution in [0.1, 0.15) is 0 Å². The molecule has 0 unspecified atom stereocenters. The Morgan fingerprint density at radius 1 is 0.522 bits per heavy atom. The van der Waals surface area contributed by atoms with Gasteiger partial charge in [0.05, 0.1) is 0 Å². The fourth-order valence-electron chi connectivity index (χ4n) is 1.45. The van der Waals surface area contributed by atoms with E-state index in [1.807, 2.05) is 0 Å². The number of hydrogen-bond acceptors (Lipinski definition) is 0. The third kappa shape index (κ3) is 3.01. The van der Waals surface area contributed by atoms with E-state index in [1.165, 1.54) is 0 Å². The van der Waals surface area contributed by atoms with Crippen molar-refractivity contribution in [3.05, 3.63) is 24.8 Å². The van der Waals surface area contributed by atoms with Gasteiger partial charge in [0.1, 0.15) is 0 Å². The Balaban J connectivity index is 6.94.